The summed E-state index contributed by atoms with van der Waals surface area (Å²) in [6, 6.07) is 0. The molecule has 0 aliphatic rings. The van der Waals surface area contributed by atoms with E-state index in [1.165, 1.54) is 180 Å². The van der Waals surface area contributed by atoms with E-state index >= 15 is 0 Å². The van der Waals surface area contributed by atoms with Crippen LogP contribution >= 0.6 is 0 Å². The Morgan fingerprint density at radius 2 is 0.675 bits per heavy atom. The topological polar surface area (TPSA) is 0 Å². The van der Waals surface area contributed by atoms with Gasteiger partial charge in [-0.05, 0) is 36.5 Å². The summed E-state index contributed by atoms with van der Waals surface area (Å²) in [6.45, 7) is 14.5. The van der Waals surface area contributed by atoms with Gasteiger partial charge in [-0.3, -0.25) is 0 Å². The highest BCUT2D eigenvalue weighted by atomic mass is 14.3. The zero-order chi connectivity index (χ0) is 29.5. The zero-order valence-electron chi connectivity index (χ0n) is 29.5. The van der Waals surface area contributed by atoms with Gasteiger partial charge in [0.15, 0.2) is 0 Å². The quantitative estimate of drug-likeness (QED) is 0.0698. The van der Waals surface area contributed by atoms with Crippen LogP contribution in [-0.4, -0.2) is 0 Å². The fraction of sp³-hybridized carbons (Fsp3) is 1.00. The van der Waals surface area contributed by atoms with Gasteiger partial charge in [-0.1, -0.05) is 221 Å². The van der Waals surface area contributed by atoms with Crippen LogP contribution in [0.2, 0.25) is 0 Å². The summed E-state index contributed by atoms with van der Waals surface area (Å²) in [5.41, 5.74) is 0. The Hall–Kier alpha value is 0. The van der Waals surface area contributed by atoms with Gasteiger partial charge in [0.1, 0.15) is 0 Å². The number of unbranched alkanes of at least 4 members (excludes halogenated alkanes) is 18. The normalized spacial score (nSPS) is 14.8. The standard InChI is InChI=1S/C40H82/c1-7-12-16-20-24-26-31-37(6)40(34-29-23-19-15-10-4)36-39(30-11-5)35-38(32-27-22-18-14-9-3)33-28-25-21-17-13-8-2/h37-40H,7-36H2,1-6H3. The maximum Gasteiger partial charge on any atom is -0.0386 e. The van der Waals surface area contributed by atoms with Gasteiger partial charge in [0.25, 0.3) is 0 Å². The second-order valence-corrected chi connectivity index (χ2v) is 14.2. The van der Waals surface area contributed by atoms with Crippen molar-refractivity contribution in [3.8, 4) is 0 Å². The molecule has 0 aromatic carbocycles. The first kappa shape index (κ1) is 40.0. The smallest absolute Gasteiger partial charge is 0.0386 e. The lowest BCUT2D eigenvalue weighted by molar-refractivity contribution is 0.205. The number of hydrogen-bond acceptors (Lipinski definition) is 0. The first-order chi connectivity index (χ1) is 19.6. The van der Waals surface area contributed by atoms with E-state index in [0.717, 1.165) is 23.7 Å². The minimum atomic E-state index is 0.933. The van der Waals surface area contributed by atoms with Gasteiger partial charge in [-0.25, -0.2) is 0 Å². The summed E-state index contributed by atoms with van der Waals surface area (Å²) in [6.07, 6.45) is 43.9. The van der Waals surface area contributed by atoms with Crippen LogP contribution in [0.25, 0.3) is 0 Å². The summed E-state index contributed by atoms with van der Waals surface area (Å²) in [5, 5.41) is 0. The predicted octanol–water partition coefficient (Wildman–Crippen LogP) is 15.3. The summed E-state index contributed by atoms with van der Waals surface area (Å²) < 4.78 is 0. The molecule has 0 rings (SSSR count). The molecule has 0 aromatic heterocycles. The molecule has 4 unspecified atom stereocenters. The third kappa shape index (κ3) is 25.7. The van der Waals surface area contributed by atoms with Crippen LogP contribution in [0.5, 0.6) is 0 Å². The van der Waals surface area contributed by atoms with E-state index in [4.69, 9.17) is 0 Å². The molecule has 0 aliphatic carbocycles. The van der Waals surface area contributed by atoms with Gasteiger partial charge in [0.2, 0.25) is 0 Å². The van der Waals surface area contributed by atoms with Crippen LogP contribution in [0.4, 0.5) is 0 Å². The van der Waals surface area contributed by atoms with Crippen molar-refractivity contribution >= 4 is 0 Å². The van der Waals surface area contributed by atoms with E-state index in [1.807, 2.05) is 0 Å². The van der Waals surface area contributed by atoms with Gasteiger partial charge in [-0.15, -0.1) is 0 Å². The Labute approximate surface area is 257 Å². The lowest BCUT2D eigenvalue weighted by Crippen LogP contribution is -2.19. The van der Waals surface area contributed by atoms with Crippen LogP contribution in [0.15, 0.2) is 0 Å². The summed E-state index contributed by atoms with van der Waals surface area (Å²) >= 11 is 0. The molecule has 0 aromatic rings. The lowest BCUT2D eigenvalue weighted by atomic mass is 9.75. The third-order valence-corrected chi connectivity index (χ3v) is 10.2. The minimum absolute atomic E-state index is 0.933. The summed E-state index contributed by atoms with van der Waals surface area (Å²) in [5.74, 6) is 3.90. The first-order valence-corrected chi connectivity index (χ1v) is 19.6. The van der Waals surface area contributed by atoms with E-state index in [0.29, 0.717) is 0 Å². The van der Waals surface area contributed by atoms with Gasteiger partial charge < -0.3 is 0 Å². The number of rotatable bonds is 33. The van der Waals surface area contributed by atoms with Crippen LogP contribution in [-0.2, 0) is 0 Å². The molecular formula is C40H82. The Morgan fingerprint density at radius 3 is 1.10 bits per heavy atom. The molecule has 0 saturated heterocycles. The molecule has 0 radical (unpaired) electrons. The van der Waals surface area contributed by atoms with Crippen LogP contribution in [0.3, 0.4) is 0 Å². The molecule has 0 aliphatic heterocycles. The van der Waals surface area contributed by atoms with E-state index < -0.39 is 0 Å². The van der Waals surface area contributed by atoms with Crippen molar-refractivity contribution in [2.75, 3.05) is 0 Å². The largest absolute Gasteiger partial charge is 0.0654 e. The molecule has 0 amide bonds. The van der Waals surface area contributed by atoms with E-state index in [-0.39, 0.29) is 0 Å². The van der Waals surface area contributed by atoms with Crippen LogP contribution in [0.1, 0.15) is 234 Å². The second-order valence-electron chi connectivity index (χ2n) is 14.2. The SMILES string of the molecule is CCCCCCCCC(CCCCCCC)CC(CCC)CC(CCCCCCC)C(C)CCCCCCCC. The number of hydrogen-bond donors (Lipinski definition) is 0. The highest BCUT2D eigenvalue weighted by molar-refractivity contribution is 4.75. The van der Waals surface area contributed by atoms with Gasteiger partial charge >= 0.3 is 0 Å². The van der Waals surface area contributed by atoms with Crippen molar-refractivity contribution in [1.82, 2.24) is 0 Å². The molecule has 0 spiro atoms. The predicted molar refractivity (Wildman–Crippen MR) is 187 cm³/mol. The van der Waals surface area contributed by atoms with Crippen molar-refractivity contribution in [1.29, 1.82) is 0 Å². The van der Waals surface area contributed by atoms with Crippen molar-refractivity contribution in [2.45, 2.75) is 234 Å². The molecular weight excluding hydrogens is 480 g/mol. The van der Waals surface area contributed by atoms with Crippen molar-refractivity contribution in [2.24, 2.45) is 23.7 Å². The molecule has 40 heavy (non-hydrogen) atoms. The van der Waals surface area contributed by atoms with E-state index in [2.05, 4.69) is 41.5 Å². The molecule has 0 fully saturated rings. The van der Waals surface area contributed by atoms with E-state index in [1.54, 1.807) is 12.8 Å². The van der Waals surface area contributed by atoms with Crippen molar-refractivity contribution < 1.29 is 0 Å². The molecule has 0 bridgehead atoms. The Kier molecular flexibility index (Phi) is 31.9. The molecule has 0 nitrogen and oxygen atoms in total. The average Bonchev–Trinajstić information content (AvgIpc) is 2.95. The highest BCUT2D eigenvalue weighted by Crippen LogP contribution is 2.36. The van der Waals surface area contributed by atoms with Gasteiger partial charge in [0.05, 0.1) is 0 Å². The van der Waals surface area contributed by atoms with Gasteiger partial charge in [0, 0.05) is 0 Å². The highest BCUT2D eigenvalue weighted by Gasteiger charge is 2.24. The van der Waals surface area contributed by atoms with Gasteiger partial charge in [-0.2, -0.15) is 0 Å². The first-order valence-electron chi connectivity index (χ1n) is 19.6. The fourth-order valence-corrected chi connectivity index (χ4v) is 7.40. The zero-order valence-corrected chi connectivity index (χ0v) is 29.5. The summed E-state index contributed by atoms with van der Waals surface area (Å²) in [4.78, 5) is 0. The molecule has 0 heteroatoms. The van der Waals surface area contributed by atoms with Crippen LogP contribution < -0.4 is 0 Å². The average molecular weight is 563 g/mol. The third-order valence-electron chi connectivity index (χ3n) is 10.2. The fourth-order valence-electron chi connectivity index (χ4n) is 7.40. The van der Waals surface area contributed by atoms with E-state index in [9.17, 15) is 0 Å². The minimum Gasteiger partial charge on any atom is -0.0654 e. The summed E-state index contributed by atoms with van der Waals surface area (Å²) in [7, 11) is 0. The molecule has 4 atom stereocenters. The Bertz CT molecular complexity index is 453. The monoisotopic (exact) mass is 563 g/mol. The molecule has 242 valence electrons. The molecule has 0 saturated carbocycles. The molecule has 0 N–H and O–H groups in total. The van der Waals surface area contributed by atoms with Crippen molar-refractivity contribution in [3.05, 3.63) is 0 Å². The second kappa shape index (κ2) is 31.9. The lowest BCUT2D eigenvalue weighted by Gasteiger charge is -2.31. The Morgan fingerprint density at radius 1 is 0.300 bits per heavy atom. The Balaban J connectivity index is 5.07. The maximum absolute atomic E-state index is 2.65. The van der Waals surface area contributed by atoms with Crippen LogP contribution in [0, 0.1) is 23.7 Å². The maximum atomic E-state index is 2.65. The van der Waals surface area contributed by atoms with Crippen molar-refractivity contribution in [3.63, 3.8) is 0 Å². The molecule has 0 heterocycles.